The fourth-order valence-corrected chi connectivity index (χ4v) is 4.37. The lowest BCUT2D eigenvalue weighted by molar-refractivity contribution is -0.0819. The number of rotatable bonds is 15. The Bertz CT molecular complexity index is 420. The van der Waals surface area contributed by atoms with E-state index in [9.17, 15) is 9.50 Å². The highest BCUT2D eigenvalue weighted by Gasteiger charge is 2.28. The Morgan fingerprint density at radius 1 is 1.21 bits per heavy atom. The highest BCUT2D eigenvalue weighted by molar-refractivity contribution is 7.97. The highest BCUT2D eigenvalue weighted by Crippen LogP contribution is 2.21. The molecule has 0 bridgehead atoms. The van der Waals surface area contributed by atoms with E-state index in [2.05, 4.69) is 49.2 Å². The lowest BCUT2D eigenvalue weighted by Gasteiger charge is -2.40. The van der Waals surface area contributed by atoms with E-state index in [1.165, 1.54) is 0 Å². The minimum Gasteiger partial charge on any atom is -0.379 e. The van der Waals surface area contributed by atoms with Crippen LogP contribution in [-0.2, 0) is 4.74 Å². The largest absolute Gasteiger partial charge is 0.379 e. The van der Waals surface area contributed by atoms with Crippen LogP contribution in [0.25, 0.3) is 0 Å². The minimum atomic E-state index is -0.695. The molecule has 0 radical (unpaired) electrons. The van der Waals surface area contributed by atoms with E-state index in [4.69, 9.17) is 4.74 Å². The lowest BCUT2D eigenvalue weighted by atomic mass is 10.00. The molecule has 1 aliphatic rings. The molecular weight excluding hydrogens is 377 g/mol. The summed E-state index contributed by atoms with van der Waals surface area (Å²) in [6.45, 7) is 14.8. The summed E-state index contributed by atoms with van der Waals surface area (Å²) >= 11 is 1.70. The van der Waals surface area contributed by atoms with Gasteiger partial charge in [-0.05, 0) is 52.4 Å². The first-order chi connectivity index (χ1) is 13.4. The molecule has 5 nitrogen and oxygen atoms in total. The average molecular weight is 420 g/mol. The van der Waals surface area contributed by atoms with Crippen molar-refractivity contribution in [1.82, 2.24) is 14.9 Å². The molecule has 0 aromatic carbocycles. The number of nitrogens with one attached hydrogen (secondary N) is 2. The second-order valence-corrected chi connectivity index (χ2v) is 9.01. The van der Waals surface area contributed by atoms with Crippen LogP contribution in [0.2, 0.25) is 0 Å². The number of hydrogen-bond donors (Lipinski definition) is 3. The molecule has 0 aromatic heterocycles. The van der Waals surface area contributed by atoms with E-state index in [0.29, 0.717) is 18.9 Å². The van der Waals surface area contributed by atoms with Gasteiger partial charge in [0.2, 0.25) is 0 Å². The second-order valence-electron chi connectivity index (χ2n) is 7.86. The number of nitrogens with zero attached hydrogens (tertiary/aromatic N) is 1. The molecule has 166 valence electrons. The summed E-state index contributed by atoms with van der Waals surface area (Å²) in [4.78, 5) is 2.47. The van der Waals surface area contributed by atoms with Crippen molar-refractivity contribution >= 4 is 11.9 Å². The fourth-order valence-electron chi connectivity index (χ4n) is 3.87. The number of aliphatic hydroxyl groups excluding tert-OH is 1. The SMILES string of the molecule is C=C(F)C(CCC(CC)N1CC(C)OC(C)C1)NC(O)CCCCNSCC. The predicted molar refractivity (Wildman–Crippen MR) is 118 cm³/mol. The lowest BCUT2D eigenvalue weighted by Crippen LogP contribution is -2.50. The number of morpholine rings is 1. The highest BCUT2D eigenvalue weighted by atomic mass is 32.2. The molecule has 0 amide bonds. The first-order valence-electron chi connectivity index (χ1n) is 10.9. The molecular formula is C21H42FN3O2S. The van der Waals surface area contributed by atoms with Crippen LogP contribution in [0.4, 0.5) is 4.39 Å². The molecule has 0 saturated carbocycles. The summed E-state index contributed by atoms with van der Waals surface area (Å²) in [6, 6.07) is -0.0922. The van der Waals surface area contributed by atoms with E-state index in [-0.39, 0.29) is 12.2 Å². The quantitative estimate of drug-likeness (QED) is 0.213. The minimum absolute atomic E-state index is 0.231. The molecule has 1 rings (SSSR count). The molecule has 28 heavy (non-hydrogen) atoms. The molecule has 1 heterocycles. The van der Waals surface area contributed by atoms with Crippen LogP contribution in [0.15, 0.2) is 12.4 Å². The van der Waals surface area contributed by atoms with Gasteiger partial charge in [-0.15, -0.1) is 0 Å². The maximum atomic E-state index is 14.0. The van der Waals surface area contributed by atoms with Crippen molar-refractivity contribution in [2.75, 3.05) is 25.4 Å². The topological polar surface area (TPSA) is 56.8 Å². The summed E-state index contributed by atoms with van der Waals surface area (Å²) in [5.74, 6) is 0.657. The molecule has 0 aliphatic carbocycles. The van der Waals surface area contributed by atoms with Gasteiger partial charge >= 0.3 is 0 Å². The Balaban J connectivity index is 2.38. The Morgan fingerprint density at radius 3 is 2.46 bits per heavy atom. The zero-order chi connectivity index (χ0) is 20.9. The number of halogens is 1. The summed E-state index contributed by atoms with van der Waals surface area (Å²) in [7, 11) is 0. The van der Waals surface area contributed by atoms with Crippen molar-refractivity contribution in [3.8, 4) is 0 Å². The Labute approximate surface area is 176 Å². The Hall–Kier alpha value is -0.180. The van der Waals surface area contributed by atoms with Gasteiger partial charge in [-0.25, -0.2) is 4.39 Å². The van der Waals surface area contributed by atoms with Crippen LogP contribution < -0.4 is 10.0 Å². The third kappa shape index (κ3) is 10.6. The van der Waals surface area contributed by atoms with Crippen LogP contribution in [0.1, 0.15) is 66.2 Å². The van der Waals surface area contributed by atoms with Gasteiger partial charge in [0.15, 0.2) is 0 Å². The van der Waals surface area contributed by atoms with E-state index < -0.39 is 18.1 Å². The van der Waals surface area contributed by atoms with Crippen LogP contribution >= 0.6 is 11.9 Å². The average Bonchev–Trinajstić information content (AvgIpc) is 2.63. The normalized spacial score (nSPS) is 24.1. The first kappa shape index (κ1) is 25.9. The van der Waals surface area contributed by atoms with Gasteiger partial charge < -0.3 is 9.84 Å². The van der Waals surface area contributed by atoms with Gasteiger partial charge in [0.05, 0.1) is 18.2 Å². The fraction of sp³-hybridized carbons (Fsp3) is 0.905. The van der Waals surface area contributed by atoms with Gasteiger partial charge in [-0.2, -0.15) is 0 Å². The molecule has 3 N–H and O–H groups in total. The van der Waals surface area contributed by atoms with Crippen molar-refractivity contribution in [3.05, 3.63) is 12.4 Å². The molecule has 1 fully saturated rings. The zero-order valence-electron chi connectivity index (χ0n) is 18.3. The molecule has 1 saturated heterocycles. The van der Waals surface area contributed by atoms with Crippen LogP contribution in [-0.4, -0.2) is 65.9 Å². The van der Waals surface area contributed by atoms with Gasteiger partial charge in [-0.1, -0.05) is 32.4 Å². The molecule has 0 aromatic rings. The van der Waals surface area contributed by atoms with Gasteiger partial charge in [-0.3, -0.25) is 14.9 Å². The third-order valence-electron chi connectivity index (χ3n) is 5.25. The molecule has 0 spiro atoms. The maximum absolute atomic E-state index is 14.0. The molecule has 5 atom stereocenters. The second kappa shape index (κ2) is 14.7. The summed E-state index contributed by atoms with van der Waals surface area (Å²) in [5, 5.41) is 13.3. The van der Waals surface area contributed by atoms with Crippen molar-refractivity contribution in [2.45, 2.75) is 96.7 Å². The van der Waals surface area contributed by atoms with E-state index in [0.717, 1.165) is 51.1 Å². The van der Waals surface area contributed by atoms with Crippen LogP contribution in [0.3, 0.4) is 0 Å². The van der Waals surface area contributed by atoms with Gasteiger partial charge in [0, 0.05) is 31.4 Å². The van der Waals surface area contributed by atoms with E-state index in [1.807, 2.05) is 0 Å². The molecule has 1 aliphatic heterocycles. The van der Waals surface area contributed by atoms with Crippen molar-refractivity contribution in [3.63, 3.8) is 0 Å². The monoisotopic (exact) mass is 419 g/mol. The maximum Gasteiger partial charge on any atom is 0.110 e. The van der Waals surface area contributed by atoms with Crippen molar-refractivity contribution in [1.29, 1.82) is 0 Å². The summed E-state index contributed by atoms with van der Waals surface area (Å²) in [5.41, 5.74) is 0. The zero-order valence-corrected chi connectivity index (χ0v) is 19.1. The molecule has 5 unspecified atom stereocenters. The van der Waals surface area contributed by atoms with Gasteiger partial charge in [0.1, 0.15) is 12.1 Å². The van der Waals surface area contributed by atoms with Crippen LogP contribution in [0, 0.1) is 0 Å². The number of hydrogen-bond acceptors (Lipinski definition) is 6. The summed E-state index contributed by atoms with van der Waals surface area (Å²) in [6.07, 6.45) is 4.83. The van der Waals surface area contributed by atoms with E-state index in [1.54, 1.807) is 11.9 Å². The third-order valence-corrected chi connectivity index (χ3v) is 5.95. The smallest absolute Gasteiger partial charge is 0.110 e. The van der Waals surface area contributed by atoms with Crippen molar-refractivity contribution < 1.29 is 14.2 Å². The number of ether oxygens (including phenoxy) is 1. The van der Waals surface area contributed by atoms with Gasteiger partial charge in [0.25, 0.3) is 0 Å². The number of unbranched alkanes of at least 4 members (excludes halogenated alkanes) is 1. The number of aliphatic hydroxyl groups is 1. The first-order valence-corrected chi connectivity index (χ1v) is 11.9. The van der Waals surface area contributed by atoms with Crippen molar-refractivity contribution in [2.24, 2.45) is 0 Å². The van der Waals surface area contributed by atoms with E-state index >= 15 is 0 Å². The Kier molecular flexibility index (Phi) is 13.6. The standard InChI is InChI=1S/C21H42FN3O2S/c1-6-19(25-14-16(3)27-17(4)15-25)11-12-20(18(5)22)24-21(26)10-8-9-13-23-28-7-2/h16-17,19-21,23-24,26H,5-15H2,1-4H3. The predicted octanol–water partition coefficient (Wildman–Crippen LogP) is 3.84. The summed E-state index contributed by atoms with van der Waals surface area (Å²) < 4.78 is 23.1. The Morgan fingerprint density at radius 2 is 1.89 bits per heavy atom. The molecule has 7 heteroatoms. The van der Waals surface area contributed by atoms with Crippen LogP contribution in [0.5, 0.6) is 0 Å².